The third-order valence-electron chi connectivity index (χ3n) is 7.85. The Hall–Kier alpha value is -3.91. The number of benzene rings is 4. The second-order valence-electron chi connectivity index (χ2n) is 10.5. The number of hydrogen-bond donors (Lipinski definition) is 0. The first kappa shape index (κ1) is 27.9. The molecule has 0 unspecified atom stereocenters. The third-order valence-corrected chi connectivity index (χ3v) is 9.62. The summed E-state index contributed by atoms with van der Waals surface area (Å²) in [5.41, 5.74) is 7.49. The van der Waals surface area contributed by atoms with Crippen LogP contribution >= 0.6 is 38.9 Å². The number of hydrogen-bond acceptors (Lipinski definition) is 5. The molecule has 0 bridgehead atoms. The van der Waals surface area contributed by atoms with Crippen LogP contribution in [0.25, 0.3) is 11.8 Å². The molecular formula is C35H26BrClN2O3S. The summed E-state index contributed by atoms with van der Waals surface area (Å²) in [6.45, 7) is 0.384. The van der Waals surface area contributed by atoms with E-state index in [9.17, 15) is 4.79 Å². The average molecular weight is 670 g/mol. The number of rotatable bonds is 6. The zero-order chi connectivity index (χ0) is 29.5. The largest absolute Gasteiger partial charge is 0.493 e. The van der Waals surface area contributed by atoms with E-state index in [0.717, 1.165) is 45.3 Å². The Balaban J connectivity index is 1.30. The molecular weight excluding hydrogens is 644 g/mol. The number of ether oxygens (including phenoxy) is 2. The Bertz CT molecular complexity index is 2060. The molecule has 1 aliphatic heterocycles. The predicted molar refractivity (Wildman–Crippen MR) is 176 cm³/mol. The van der Waals surface area contributed by atoms with Gasteiger partial charge < -0.3 is 9.47 Å². The fourth-order valence-electron chi connectivity index (χ4n) is 5.75. The predicted octanol–water partition coefficient (Wildman–Crippen LogP) is 7.32. The van der Waals surface area contributed by atoms with Gasteiger partial charge >= 0.3 is 0 Å². The Morgan fingerprint density at radius 2 is 1.79 bits per heavy atom. The molecule has 1 atom stereocenters. The molecule has 0 spiro atoms. The van der Waals surface area contributed by atoms with Gasteiger partial charge in [-0.1, -0.05) is 93.5 Å². The third kappa shape index (κ3) is 5.37. The van der Waals surface area contributed by atoms with E-state index in [0.29, 0.717) is 32.5 Å². The Kier molecular flexibility index (Phi) is 7.55. The monoisotopic (exact) mass is 668 g/mol. The maximum absolute atomic E-state index is 14.1. The summed E-state index contributed by atoms with van der Waals surface area (Å²) in [6, 6.07) is 29.7. The summed E-state index contributed by atoms with van der Waals surface area (Å²) in [5.74, 6) is 1.22. The van der Waals surface area contributed by atoms with Crippen molar-refractivity contribution >= 4 is 50.6 Å². The number of aromatic nitrogens is 1. The normalized spacial score (nSPS) is 15.8. The molecule has 5 nitrogen and oxygen atoms in total. The van der Waals surface area contributed by atoms with Gasteiger partial charge in [-0.05, 0) is 83.1 Å². The Labute approximate surface area is 266 Å². The molecule has 0 fully saturated rings. The molecule has 1 aromatic heterocycles. The van der Waals surface area contributed by atoms with Crippen LogP contribution in [-0.2, 0) is 13.0 Å². The molecule has 0 saturated heterocycles. The summed E-state index contributed by atoms with van der Waals surface area (Å²) in [5, 5.41) is 0.684. The van der Waals surface area contributed by atoms with Crippen LogP contribution in [0, 0.1) is 0 Å². The van der Waals surface area contributed by atoms with E-state index in [-0.39, 0.29) is 11.6 Å². The fraction of sp³-hybridized carbons (Fsp3) is 0.143. The van der Waals surface area contributed by atoms with Gasteiger partial charge in [0.25, 0.3) is 5.56 Å². The smallest absolute Gasteiger partial charge is 0.271 e. The molecule has 214 valence electrons. The molecule has 0 N–H and O–H groups in total. The fourth-order valence-corrected chi connectivity index (χ4v) is 7.15. The van der Waals surface area contributed by atoms with E-state index < -0.39 is 0 Å². The van der Waals surface area contributed by atoms with Crippen LogP contribution < -0.4 is 24.4 Å². The Morgan fingerprint density at radius 1 is 1.00 bits per heavy atom. The number of fused-ring (bicyclic) bond motifs is 3. The topological polar surface area (TPSA) is 52.8 Å². The van der Waals surface area contributed by atoms with Crippen LogP contribution in [0.5, 0.6) is 11.5 Å². The average Bonchev–Trinajstić information content (AvgIpc) is 3.34. The first-order chi connectivity index (χ1) is 21.0. The maximum atomic E-state index is 14.1. The van der Waals surface area contributed by atoms with Gasteiger partial charge in [-0.3, -0.25) is 9.36 Å². The zero-order valence-corrected chi connectivity index (χ0v) is 26.4. The molecule has 0 saturated carbocycles. The second kappa shape index (κ2) is 11.6. The standard InChI is InChI=1S/C35H26BrClN2O3S/c1-41-30-18-22(8-17-29(30)42-20-21-6-14-26(37)15-7-21)19-31-34(40)39-33(24-9-12-25(36)13-10-24)28-16-11-23-4-2-3-5-27(23)32(28)38-35(39)43-31/h2-10,12-15,17-19,33H,11,16,20H2,1H3/b31-19-/t33-/m1/s1. The van der Waals surface area contributed by atoms with Gasteiger partial charge in [0.15, 0.2) is 16.3 Å². The summed E-state index contributed by atoms with van der Waals surface area (Å²) in [6.07, 6.45) is 3.69. The molecule has 0 amide bonds. The van der Waals surface area contributed by atoms with Crippen LogP contribution in [0.3, 0.4) is 0 Å². The highest BCUT2D eigenvalue weighted by Crippen LogP contribution is 2.41. The van der Waals surface area contributed by atoms with Crippen molar-refractivity contribution in [3.05, 3.63) is 154 Å². The minimum absolute atomic E-state index is 0.0518. The van der Waals surface area contributed by atoms with Gasteiger partial charge in [0.1, 0.15) is 6.61 Å². The maximum Gasteiger partial charge on any atom is 0.271 e. The SMILES string of the molecule is COc1cc(/C=c2\sc3n(c2=O)[C@H](c2ccc(Br)cc2)C2=C(N=3)c3ccccc3CC2)ccc1OCc1ccc(Cl)cc1. The minimum atomic E-state index is -0.215. The van der Waals surface area contributed by atoms with Gasteiger partial charge in [-0.2, -0.15) is 0 Å². The summed E-state index contributed by atoms with van der Waals surface area (Å²) in [7, 11) is 1.61. The van der Waals surface area contributed by atoms with Gasteiger partial charge in [0.05, 0.1) is 23.4 Å². The molecule has 43 heavy (non-hydrogen) atoms. The van der Waals surface area contributed by atoms with Gasteiger partial charge in [0, 0.05) is 15.1 Å². The van der Waals surface area contributed by atoms with Crippen molar-refractivity contribution < 1.29 is 9.47 Å². The zero-order valence-electron chi connectivity index (χ0n) is 23.2. The molecule has 2 aliphatic rings. The first-order valence-electron chi connectivity index (χ1n) is 13.9. The number of nitrogens with zero attached hydrogens (tertiary/aromatic N) is 2. The highest BCUT2D eigenvalue weighted by atomic mass is 79.9. The van der Waals surface area contributed by atoms with Crippen LogP contribution in [0.4, 0.5) is 0 Å². The highest BCUT2D eigenvalue weighted by Gasteiger charge is 2.32. The van der Waals surface area contributed by atoms with Gasteiger partial charge in [-0.15, -0.1) is 0 Å². The summed E-state index contributed by atoms with van der Waals surface area (Å²) >= 11 is 11.0. The van der Waals surface area contributed by atoms with Crippen molar-refractivity contribution in [2.45, 2.75) is 25.5 Å². The highest BCUT2D eigenvalue weighted by molar-refractivity contribution is 9.10. The molecule has 8 heteroatoms. The minimum Gasteiger partial charge on any atom is -0.493 e. The van der Waals surface area contributed by atoms with Crippen molar-refractivity contribution in [1.82, 2.24) is 4.57 Å². The lowest BCUT2D eigenvalue weighted by atomic mass is 9.83. The van der Waals surface area contributed by atoms with Crippen molar-refractivity contribution in [3.8, 4) is 11.5 Å². The molecule has 7 rings (SSSR count). The van der Waals surface area contributed by atoms with Crippen molar-refractivity contribution in [1.29, 1.82) is 0 Å². The van der Waals surface area contributed by atoms with Crippen LogP contribution in [-0.4, -0.2) is 11.7 Å². The van der Waals surface area contributed by atoms with Gasteiger partial charge in [-0.25, -0.2) is 4.99 Å². The number of allylic oxidation sites excluding steroid dienone is 1. The lowest BCUT2D eigenvalue weighted by Crippen LogP contribution is -2.38. The van der Waals surface area contributed by atoms with Crippen molar-refractivity contribution in [2.75, 3.05) is 7.11 Å². The van der Waals surface area contributed by atoms with E-state index in [1.54, 1.807) is 7.11 Å². The molecule has 4 aromatic carbocycles. The quantitative estimate of drug-likeness (QED) is 0.190. The van der Waals surface area contributed by atoms with Gasteiger partial charge in [0.2, 0.25) is 0 Å². The van der Waals surface area contributed by atoms with Crippen molar-refractivity contribution in [3.63, 3.8) is 0 Å². The summed E-state index contributed by atoms with van der Waals surface area (Å²) < 4.78 is 15.2. The van der Waals surface area contributed by atoms with E-state index in [1.165, 1.54) is 22.5 Å². The lowest BCUT2D eigenvalue weighted by Gasteiger charge is -2.30. The lowest BCUT2D eigenvalue weighted by molar-refractivity contribution is 0.284. The van der Waals surface area contributed by atoms with Crippen LogP contribution in [0.15, 0.2) is 111 Å². The van der Waals surface area contributed by atoms with E-state index in [1.807, 2.05) is 65.2 Å². The molecule has 0 radical (unpaired) electrons. The van der Waals surface area contributed by atoms with E-state index in [4.69, 9.17) is 26.1 Å². The first-order valence-corrected chi connectivity index (χ1v) is 15.9. The van der Waals surface area contributed by atoms with Crippen LogP contribution in [0.1, 0.15) is 40.3 Å². The molecule has 2 heterocycles. The molecule has 1 aliphatic carbocycles. The number of thiazole rings is 1. The number of methoxy groups -OCH3 is 1. The molecule has 5 aromatic rings. The summed E-state index contributed by atoms with van der Waals surface area (Å²) in [4.78, 5) is 19.9. The van der Waals surface area contributed by atoms with E-state index in [2.05, 4.69) is 52.3 Å². The number of aryl methyl sites for hydroxylation is 1. The Morgan fingerprint density at radius 3 is 2.58 bits per heavy atom. The van der Waals surface area contributed by atoms with Crippen LogP contribution in [0.2, 0.25) is 5.02 Å². The van der Waals surface area contributed by atoms with Crippen molar-refractivity contribution in [2.24, 2.45) is 4.99 Å². The van der Waals surface area contributed by atoms with E-state index >= 15 is 0 Å². The second-order valence-corrected chi connectivity index (χ2v) is 12.9. The number of halogens is 2.